The fraction of sp³-hybridized carbons (Fsp3) is 0.312. The number of benzene rings is 1. The van der Waals surface area contributed by atoms with E-state index in [1.807, 2.05) is 6.92 Å². The first-order valence-electron chi connectivity index (χ1n) is 7.95. The second-order valence-corrected chi connectivity index (χ2v) is 7.87. The Balaban J connectivity index is 1.68. The van der Waals surface area contributed by atoms with Gasteiger partial charge in [-0.15, -0.1) is 10.2 Å². The number of halogens is 1. The molecule has 26 heavy (non-hydrogen) atoms. The predicted molar refractivity (Wildman–Crippen MR) is 98.6 cm³/mol. The lowest BCUT2D eigenvalue weighted by Gasteiger charge is -2.23. The van der Waals surface area contributed by atoms with Crippen molar-refractivity contribution in [2.45, 2.75) is 30.6 Å². The maximum Gasteiger partial charge on any atom is 0.273 e. The minimum absolute atomic E-state index is 0.177. The SMILES string of the molecule is CCSc1nnc(NC(=O)C2=NN(Cc3ccc(F)cc3)C(=O)CC2)s1. The molecule has 0 atom stereocenters. The van der Waals surface area contributed by atoms with Gasteiger partial charge in [-0.05, 0) is 23.4 Å². The highest BCUT2D eigenvalue weighted by atomic mass is 32.2. The smallest absolute Gasteiger partial charge is 0.273 e. The number of anilines is 1. The molecule has 7 nitrogen and oxygen atoms in total. The van der Waals surface area contributed by atoms with E-state index in [-0.39, 0.29) is 36.8 Å². The number of hydrogen-bond acceptors (Lipinski definition) is 7. The quantitative estimate of drug-likeness (QED) is 0.602. The third-order valence-corrected chi connectivity index (χ3v) is 5.36. The van der Waals surface area contributed by atoms with Gasteiger partial charge in [0.1, 0.15) is 11.5 Å². The number of nitrogens with one attached hydrogen (secondary N) is 1. The van der Waals surface area contributed by atoms with Gasteiger partial charge >= 0.3 is 0 Å². The van der Waals surface area contributed by atoms with E-state index in [0.717, 1.165) is 15.7 Å². The number of thioether (sulfide) groups is 1. The van der Waals surface area contributed by atoms with Gasteiger partial charge in [0.2, 0.25) is 11.0 Å². The first-order chi connectivity index (χ1) is 12.5. The number of nitrogens with zero attached hydrogens (tertiary/aromatic N) is 4. The van der Waals surface area contributed by atoms with Crippen molar-refractivity contribution in [2.24, 2.45) is 5.10 Å². The second-order valence-electron chi connectivity index (χ2n) is 5.38. The Hall–Kier alpha value is -2.33. The zero-order valence-electron chi connectivity index (χ0n) is 13.9. The van der Waals surface area contributed by atoms with Gasteiger partial charge in [0.05, 0.1) is 6.54 Å². The van der Waals surface area contributed by atoms with Crippen molar-refractivity contribution < 1.29 is 14.0 Å². The van der Waals surface area contributed by atoms with Crippen molar-refractivity contribution in [3.8, 4) is 0 Å². The van der Waals surface area contributed by atoms with Gasteiger partial charge in [-0.1, -0.05) is 42.2 Å². The van der Waals surface area contributed by atoms with Crippen LogP contribution in [0.2, 0.25) is 0 Å². The molecule has 10 heteroatoms. The summed E-state index contributed by atoms with van der Waals surface area (Å²) in [7, 11) is 0. The molecule has 0 spiro atoms. The Morgan fingerprint density at radius 1 is 1.31 bits per heavy atom. The van der Waals surface area contributed by atoms with Crippen LogP contribution >= 0.6 is 23.1 Å². The first-order valence-corrected chi connectivity index (χ1v) is 9.75. The predicted octanol–water partition coefficient (Wildman–Crippen LogP) is 2.91. The summed E-state index contributed by atoms with van der Waals surface area (Å²) >= 11 is 2.84. The summed E-state index contributed by atoms with van der Waals surface area (Å²) in [4.78, 5) is 24.4. The van der Waals surface area contributed by atoms with E-state index < -0.39 is 5.91 Å². The van der Waals surface area contributed by atoms with E-state index in [1.54, 1.807) is 23.9 Å². The maximum atomic E-state index is 13.0. The van der Waals surface area contributed by atoms with Crippen LogP contribution in [0.15, 0.2) is 33.7 Å². The van der Waals surface area contributed by atoms with Gasteiger partial charge in [0.15, 0.2) is 4.34 Å². The highest BCUT2D eigenvalue weighted by molar-refractivity contribution is 8.01. The average Bonchev–Trinajstić information content (AvgIpc) is 3.06. The Labute approximate surface area is 157 Å². The lowest BCUT2D eigenvalue weighted by Crippen LogP contribution is -2.36. The van der Waals surface area contributed by atoms with Crippen LogP contribution in [-0.2, 0) is 16.1 Å². The molecule has 0 saturated carbocycles. The van der Waals surface area contributed by atoms with Crippen molar-refractivity contribution in [2.75, 3.05) is 11.1 Å². The van der Waals surface area contributed by atoms with Crippen LogP contribution in [0.5, 0.6) is 0 Å². The van der Waals surface area contributed by atoms with Gasteiger partial charge < -0.3 is 0 Å². The molecule has 0 saturated heterocycles. The van der Waals surface area contributed by atoms with Crippen LogP contribution < -0.4 is 5.32 Å². The zero-order valence-corrected chi connectivity index (χ0v) is 15.6. The molecule has 0 bridgehead atoms. The number of carbonyl (C=O) groups is 2. The molecule has 1 aromatic carbocycles. The molecule has 0 fully saturated rings. The van der Waals surface area contributed by atoms with Crippen LogP contribution in [0.3, 0.4) is 0 Å². The largest absolute Gasteiger partial charge is 0.295 e. The van der Waals surface area contributed by atoms with Gasteiger partial charge in [-0.25, -0.2) is 9.40 Å². The van der Waals surface area contributed by atoms with E-state index in [4.69, 9.17) is 0 Å². The molecule has 1 aliphatic heterocycles. The van der Waals surface area contributed by atoms with E-state index >= 15 is 0 Å². The van der Waals surface area contributed by atoms with Crippen LogP contribution in [0, 0.1) is 5.82 Å². The lowest BCUT2D eigenvalue weighted by atomic mass is 10.1. The monoisotopic (exact) mass is 393 g/mol. The maximum absolute atomic E-state index is 13.0. The second kappa shape index (κ2) is 8.37. The molecule has 136 valence electrons. The highest BCUT2D eigenvalue weighted by Gasteiger charge is 2.25. The van der Waals surface area contributed by atoms with Gasteiger partial charge in [0.25, 0.3) is 5.91 Å². The molecule has 3 rings (SSSR count). The van der Waals surface area contributed by atoms with E-state index in [2.05, 4.69) is 20.6 Å². The van der Waals surface area contributed by atoms with Crippen LogP contribution in [0.4, 0.5) is 9.52 Å². The Kier molecular flexibility index (Phi) is 5.94. The Morgan fingerprint density at radius 2 is 2.08 bits per heavy atom. The molecule has 0 aliphatic carbocycles. The Bertz CT molecular complexity index is 837. The number of hydrazone groups is 1. The topological polar surface area (TPSA) is 87.6 Å². The molecule has 2 heterocycles. The molecular weight excluding hydrogens is 377 g/mol. The van der Waals surface area contributed by atoms with E-state index in [0.29, 0.717) is 5.13 Å². The summed E-state index contributed by atoms with van der Waals surface area (Å²) in [5.41, 5.74) is 0.988. The van der Waals surface area contributed by atoms with Crippen molar-refractivity contribution in [1.82, 2.24) is 15.2 Å². The van der Waals surface area contributed by atoms with Gasteiger partial charge in [-0.3, -0.25) is 14.9 Å². The fourth-order valence-corrected chi connectivity index (χ4v) is 3.91. The van der Waals surface area contributed by atoms with Gasteiger partial charge in [0, 0.05) is 12.8 Å². The molecule has 2 aromatic rings. The molecule has 2 amide bonds. The van der Waals surface area contributed by atoms with Crippen LogP contribution in [-0.4, -0.2) is 38.5 Å². The van der Waals surface area contributed by atoms with Crippen LogP contribution in [0.1, 0.15) is 25.3 Å². The molecular formula is C16H16FN5O2S2. The van der Waals surface area contributed by atoms with Crippen molar-refractivity contribution in [3.05, 3.63) is 35.6 Å². The number of aromatic nitrogens is 2. The van der Waals surface area contributed by atoms with E-state index in [9.17, 15) is 14.0 Å². The Morgan fingerprint density at radius 3 is 2.81 bits per heavy atom. The number of carbonyl (C=O) groups excluding carboxylic acids is 2. The van der Waals surface area contributed by atoms with Crippen molar-refractivity contribution in [3.63, 3.8) is 0 Å². The van der Waals surface area contributed by atoms with Crippen LogP contribution in [0.25, 0.3) is 0 Å². The number of rotatable bonds is 6. The normalized spacial score (nSPS) is 14.3. The minimum Gasteiger partial charge on any atom is -0.295 e. The summed E-state index contributed by atoms with van der Waals surface area (Å²) in [6, 6.07) is 5.81. The summed E-state index contributed by atoms with van der Waals surface area (Å²) < 4.78 is 13.8. The third-order valence-electron chi connectivity index (χ3n) is 3.51. The number of hydrogen-bond donors (Lipinski definition) is 1. The molecule has 0 radical (unpaired) electrons. The molecule has 0 unspecified atom stereocenters. The molecule has 1 aromatic heterocycles. The summed E-state index contributed by atoms with van der Waals surface area (Å²) in [5, 5.41) is 16.4. The summed E-state index contributed by atoms with van der Waals surface area (Å²) in [6.07, 6.45) is 0.459. The minimum atomic E-state index is -0.397. The third kappa shape index (κ3) is 4.64. The lowest BCUT2D eigenvalue weighted by molar-refractivity contribution is -0.132. The highest BCUT2D eigenvalue weighted by Crippen LogP contribution is 2.25. The first kappa shape index (κ1) is 18.5. The van der Waals surface area contributed by atoms with E-state index in [1.165, 1.54) is 28.5 Å². The average molecular weight is 393 g/mol. The molecule has 1 N–H and O–H groups in total. The van der Waals surface area contributed by atoms with Gasteiger partial charge in [-0.2, -0.15) is 5.10 Å². The summed E-state index contributed by atoms with van der Waals surface area (Å²) in [5.74, 6) is -0.0513. The zero-order chi connectivity index (χ0) is 18.5. The molecule has 1 aliphatic rings. The van der Waals surface area contributed by atoms with Crippen molar-refractivity contribution in [1.29, 1.82) is 0 Å². The fourth-order valence-electron chi connectivity index (χ4n) is 2.26. The summed E-state index contributed by atoms with van der Waals surface area (Å²) in [6.45, 7) is 2.19. The number of amides is 2. The standard InChI is InChI=1S/C16H16FN5O2S2/c1-2-25-16-20-19-15(26-16)18-14(24)12-7-8-13(23)22(21-12)9-10-3-5-11(17)6-4-10/h3-6H,2,7-9H2,1H3,(H,18,19,24). The van der Waals surface area contributed by atoms with Crippen molar-refractivity contribution >= 4 is 45.8 Å².